The lowest BCUT2D eigenvalue weighted by Crippen LogP contribution is -2.23. The van der Waals surface area contributed by atoms with Gasteiger partial charge in [0.15, 0.2) is 0 Å². The Hall–Kier alpha value is -4.65. The summed E-state index contributed by atoms with van der Waals surface area (Å²) in [6, 6.07) is 19.8. The zero-order valence-electron chi connectivity index (χ0n) is 25.7. The van der Waals surface area contributed by atoms with Crippen LogP contribution in [0.2, 0.25) is 0 Å². The van der Waals surface area contributed by atoms with Crippen molar-refractivity contribution in [3.05, 3.63) is 92.6 Å². The Balaban J connectivity index is 0.000000500. The van der Waals surface area contributed by atoms with Crippen molar-refractivity contribution < 1.29 is 61.1 Å². The quantitative estimate of drug-likeness (QED) is 0.0796. The molecule has 0 unspecified atom stereocenters. The lowest BCUT2D eigenvalue weighted by molar-refractivity contribution is -0.193. The van der Waals surface area contributed by atoms with Gasteiger partial charge in [-0.1, -0.05) is 59.9 Å². The van der Waals surface area contributed by atoms with Gasteiger partial charge in [0, 0.05) is 18.7 Å². The summed E-state index contributed by atoms with van der Waals surface area (Å²) in [6.45, 7) is 2.77. The van der Waals surface area contributed by atoms with E-state index in [1.165, 1.54) is 22.8 Å². The Morgan fingerprint density at radius 3 is 1.98 bits per heavy atom. The van der Waals surface area contributed by atoms with Crippen molar-refractivity contribution in [1.29, 1.82) is 0 Å². The first-order valence-corrected chi connectivity index (χ1v) is 15.0. The first-order chi connectivity index (χ1) is 22.9. The van der Waals surface area contributed by atoms with Crippen LogP contribution in [0, 0.1) is 0 Å². The van der Waals surface area contributed by atoms with E-state index in [9.17, 15) is 41.4 Å². The van der Waals surface area contributed by atoms with Crippen molar-refractivity contribution in [1.82, 2.24) is 15.6 Å². The number of carboxylic acids is 2. The van der Waals surface area contributed by atoms with Crippen LogP contribution >= 0.6 is 11.3 Å². The molecule has 0 bridgehead atoms. The summed E-state index contributed by atoms with van der Waals surface area (Å²) in [6.07, 6.45) is -9.18. The molecule has 0 aliphatic rings. The minimum Gasteiger partial charge on any atom is -0.506 e. The maximum Gasteiger partial charge on any atom is 0.490 e. The molecule has 11 nitrogen and oxygen atoms in total. The van der Waals surface area contributed by atoms with Gasteiger partial charge in [0.1, 0.15) is 17.0 Å². The number of carboxylic acid groups (broad SMARTS) is 2. The van der Waals surface area contributed by atoms with E-state index >= 15 is 0 Å². The van der Waals surface area contributed by atoms with Gasteiger partial charge in [-0.2, -0.15) is 26.3 Å². The summed E-state index contributed by atoms with van der Waals surface area (Å²) in [5, 5.41) is 41.5. The van der Waals surface area contributed by atoms with Gasteiger partial charge in [-0.25, -0.2) is 9.59 Å². The van der Waals surface area contributed by atoms with Gasteiger partial charge in [0.25, 0.3) is 0 Å². The Bertz CT molecular complexity index is 1680. The van der Waals surface area contributed by atoms with Gasteiger partial charge >= 0.3 is 29.2 Å². The van der Waals surface area contributed by atoms with Crippen LogP contribution in [0.5, 0.6) is 11.5 Å². The van der Waals surface area contributed by atoms with Gasteiger partial charge in [-0.05, 0) is 54.8 Å². The highest BCUT2D eigenvalue weighted by molar-refractivity contribution is 7.16. The first kappa shape index (κ1) is 40.5. The Kier molecular flexibility index (Phi) is 15.5. The summed E-state index contributed by atoms with van der Waals surface area (Å²) in [5.41, 5.74) is 4.68. The predicted octanol–water partition coefficient (Wildman–Crippen LogP) is 4.77. The van der Waals surface area contributed by atoms with Crippen molar-refractivity contribution in [3.63, 3.8) is 0 Å². The third-order valence-corrected chi connectivity index (χ3v) is 7.41. The van der Waals surface area contributed by atoms with Crippen LogP contribution in [0.3, 0.4) is 0 Å². The number of aliphatic hydroxyl groups excluding tert-OH is 1. The molecule has 1 heterocycles. The molecule has 3 aromatic carbocycles. The number of aliphatic carboxylic acids is 2. The molecule has 49 heavy (non-hydrogen) atoms. The molecule has 0 spiro atoms. The van der Waals surface area contributed by atoms with Crippen molar-refractivity contribution in [2.45, 2.75) is 37.8 Å². The highest BCUT2D eigenvalue weighted by atomic mass is 32.1. The zero-order chi connectivity index (χ0) is 36.8. The Morgan fingerprint density at radius 2 is 1.41 bits per heavy atom. The molecule has 0 saturated heterocycles. The molecule has 0 radical (unpaired) electrons. The lowest BCUT2D eigenvalue weighted by Gasteiger charge is -2.13. The lowest BCUT2D eigenvalue weighted by atomic mass is 10.1. The number of phenols is 1. The average Bonchev–Trinajstić information content (AvgIpc) is 3.44. The van der Waals surface area contributed by atoms with E-state index in [4.69, 9.17) is 24.5 Å². The molecule has 0 aliphatic carbocycles. The van der Waals surface area contributed by atoms with Crippen LogP contribution < -0.4 is 20.2 Å². The van der Waals surface area contributed by atoms with E-state index in [0.29, 0.717) is 22.3 Å². The number of hydrogen-bond donors (Lipinski definition) is 7. The number of phenolic OH excluding ortho intramolecular Hbond substituents is 1. The standard InChI is InChI=1S/C27H31N3O4S.2C2HF3O2/c1-34-24-5-3-2-4-20(24)13-15-28-16-19-8-6-18(7-9-19)12-14-29-17-23(32)21-10-11-22(31)25-26(21)35-27(33)30-25;2*3-2(4,5)1(6)7/h2-11,23,28-29,31-32H,12-17H2,1H3,(H,30,33);2*(H,6,7)/t23-;;/m0../s1. The SMILES string of the molecule is COc1ccccc1CCNCc1ccc(CCNC[C@H](O)c2ccc(O)c3[nH]c(=O)sc23)cc1.O=C(O)C(F)(F)F.O=C(O)C(F)(F)F. The smallest absolute Gasteiger partial charge is 0.490 e. The number of nitrogens with one attached hydrogen (secondary N) is 3. The molecule has 7 N–H and O–H groups in total. The van der Waals surface area contributed by atoms with Gasteiger partial charge < -0.3 is 40.8 Å². The largest absolute Gasteiger partial charge is 0.506 e. The second-order valence-electron chi connectivity index (χ2n) is 10.0. The number of fused-ring (bicyclic) bond motifs is 1. The third-order valence-electron chi connectivity index (χ3n) is 6.48. The number of para-hydroxylation sites is 1. The molecule has 0 aliphatic heterocycles. The average molecular weight is 722 g/mol. The fraction of sp³-hybridized carbons (Fsp3) is 0.323. The van der Waals surface area contributed by atoms with Crippen LogP contribution in [0.25, 0.3) is 10.2 Å². The molecule has 268 valence electrons. The highest BCUT2D eigenvalue weighted by Gasteiger charge is 2.38. The normalized spacial score (nSPS) is 11.9. The second kappa shape index (κ2) is 18.8. The molecule has 1 atom stereocenters. The van der Waals surface area contributed by atoms with Crippen LogP contribution in [0.15, 0.2) is 65.5 Å². The number of aliphatic hydroxyl groups is 1. The minimum absolute atomic E-state index is 0.0114. The van der Waals surface area contributed by atoms with E-state index < -0.39 is 30.4 Å². The molecular formula is C31H33F6N3O8S. The molecule has 1 aromatic heterocycles. The summed E-state index contributed by atoms with van der Waals surface area (Å²) >= 11 is 0.996. The predicted molar refractivity (Wildman–Crippen MR) is 168 cm³/mol. The maximum atomic E-state index is 11.7. The molecular weight excluding hydrogens is 688 g/mol. The van der Waals surface area contributed by atoms with Crippen molar-refractivity contribution in [2.24, 2.45) is 0 Å². The summed E-state index contributed by atoms with van der Waals surface area (Å²) in [7, 11) is 1.70. The van der Waals surface area contributed by atoms with Gasteiger partial charge in [0.05, 0.1) is 17.9 Å². The van der Waals surface area contributed by atoms with Crippen molar-refractivity contribution in [2.75, 3.05) is 26.7 Å². The Labute approximate surface area is 278 Å². The number of halogens is 6. The van der Waals surface area contributed by atoms with Gasteiger partial charge in [-0.15, -0.1) is 0 Å². The zero-order valence-corrected chi connectivity index (χ0v) is 26.5. The molecule has 18 heteroatoms. The second-order valence-corrected chi connectivity index (χ2v) is 11.0. The number of H-pyrrole nitrogens is 1. The molecule has 4 aromatic rings. The number of alkyl halides is 6. The van der Waals surface area contributed by atoms with Crippen molar-refractivity contribution >= 4 is 33.5 Å². The van der Waals surface area contributed by atoms with E-state index in [1.54, 1.807) is 13.2 Å². The van der Waals surface area contributed by atoms with Crippen molar-refractivity contribution in [3.8, 4) is 11.5 Å². The number of hydrogen-bond acceptors (Lipinski definition) is 9. The number of rotatable bonds is 12. The number of methoxy groups -OCH3 is 1. The number of benzene rings is 3. The van der Waals surface area contributed by atoms with E-state index in [2.05, 4.69) is 45.9 Å². The molecule has 0 saturated carbocycles. The minimum atomic E-state index is -5.08. The molecule has 4 rings (SSSR count). The number of carbonyl (C=O) groups is 2. The summed E-state index contributed by atoms with van der Waals surface area (Å²) in [5.74, 6) is -4.57. The van der Waals surface area contributed by atoms with Crippen LogP contribution in [0.4, 0.5) is 26.3 Å². The monoisotopic (exact) mass is 721 g/mol. The van der Waals surface area contributed by atoms with E-state index in [1.807, 2.05) is 18.2 Å². The molecule has 0 amide bonds. The van der Waals surface area contributed by atoms with Crippen LogP contribution in [-0.2, 0) is 29.0 Å². The summed E-state index contributed by atoms with van der Waals surface area (Å²) in [4.78, 5) is 31.8. The number of aromatic nitrogens is 1. The number of thiazole rings is 1. The highest BCUT2D eigenvalue weighted by Crippen LogP contribution is 2.31. The number of aromatic hydroxyl groups is 1. The van der Waals surface area contributed by atoms with Gasteiger partial charge in [-0.3, -0.25) is 4.79 Å². The topological polar surface area (TPSA) is 181 Å². The third kappa shape index (κ3) is 13.8. The van der Waals surface area contributed by atoms with Crippen LogP contribution in [-0.4, -0.2) is 76.4 Å². The fourth-order valence-electron chi connectivity index (χ4n) is 4.07. The fourth-order valence-corrected chi connectivity index (χ4v) is 4.99. The first-order valence-electron chi connectivity index (χ1n) is 14.2. The molecule has 0 fully saturated rings. The number of aromatic amines is 1. The maximum absolute atomic E-state index is 11.7. The van der Waals surface area contributed by atoms with E-state index in [0.717, 1.165) is 49.6 Å². The van der Waals surface area contributed by atoms with Crippen LogP contribution in [0.1, 0.15) is 28.4 Å². The van der Waals surface area contributed by atoms with Gasteiger partial charge in [0.2, 0.25) is 0 Å². The van der Waals surface area contributed by atoms with E-state index in [-0.39, 0.29) is 10.6 Å². The summed E-state index contributed by atoms with van der Waals surface area (Å²) < 4.78 is 69.5. The number of ether oxygens (including phenoxy) is 1. The Morgan fingerprint density at radius 1 is 0.857 bits per heavy atom.